The molecular weight excluding hydrogens is 357 g/mol. The Kier molecular flexibility index (Phi) is 7.78. The number of H-pyrrole nitrogens is 1. The number of aromatic amines is 1. The van der Waals surface area contributed by atoms with E-state index in [9.17, 15) is 9.59 Å². The predicted molar refractivity (Wildman–Crippen MR) is 92.9 cm³/mol. The van der Waals surface area contributed by atoms with E-state index in [1.807, 2.05) is 9.80 Å². The summed E-state index contributed by atoms with van der Waals surface area (Å²) >= 11 is 0. The zero-order chi connectivity index (χ0) is 15.5. The van der Waals surface area contributed by atoms with E-state index in [0.29, 0.717) is 38.5 Å². The first-order valence-corrected chi connectivity index (χ1v) is 7.61. The van der Waals surface area contributed by atoms with Crippen molar-refractivity contribution >= 4 is 36.8 Å². The summed E-state index contributed by atoms with van der Waals surface area (Å²) in [5.41, 5.74) is 5.55. The highest BCUT2D eigenvalue weighted by molar-refractivity contribution is 5.90. The molecule has 2 aliphatic heterocycles. The van der Waals surface area contributed by atoms with Crippen molar-refractivity contribution in [3.8, 4) is 0 Å². The minimum Gasteiger partial charge on any atom is -0.378 e. The lowest BCUT2D eigenvalue weighted by molar-refractivity contribution is 0.0407. The number of nitrogens with two attached hydrogens (primary N) is 1. The maximum Gasteiger partial charge on any atom is 0.320 e. The molecule has 0 spiro atoms. The number of urea groups is 1. The Hall–Kier alpha value is -1.51. The normalized spacial score (nSPS) is 20.8. The van der Waals surface area contributed by atoms with Gasteiger partial charge in [0, 0.05) is 32.1 Å². The number of hydrogen-bond acceptors (Lipinski definition) is 4. The van der Waals surface area contributed by atoms with Crippen LogP contribution >= 0.6 is 24.8 Å². The number of carbonyl (C=O) groups excluding carboxylic acids is 2. The maximum absolute atomic E-state index is 12.5. The summed E-state index contributed by atoms with van der Waals surface area (Å²) in [6, 6.07) is 0.0645. The number of nitrogens with zero attached hydrogens (tertiary/aromatic N) is 3. The summed E-state index contributed by atoms with van der Waals surface area (Å²) in [5, 5.41) is 0. The highest BCUT2D eigenvalue weighted by atomic mass is 35.5. The van der Waals surface area contributed by atoms with Crippen molar-refractivity contribution in [1.29, 1.82) is 0 Å². The Balaban J connectivity index is 0.00000144. The first kappa shape index (κ1) is 20.5. The molecule has 1 unspecified atom stereocenters. The number of ether oxygens (including phenoxy) is 1. The fraction of sp³-hybridized carbons (Fsp3) is 0.643. The van der Waals surface area contributed by atoms with Crippen LogP contribution in [0.25, 0.3) is 0 Å². The van der Waals surface area contributed by atoms with Crippen molar-refractivity contribution in [1.82, 2.24) is 19.8 Å². The van der Waals surface area contributed by atoms with E-state index in [0.717, 1.165) is 25.2 Å². The zero-order valence-electron chi connectivity index (χ0n) is 13.3. The van der Waals surface area contributed by atoms with Gasteiger partial charge in [-0.1, -0.05) is 0 Å². The number of halogens is 2. The van der Waals surface area contributed by atoms with E-state index in [2.05, 4.69) is 9.97 Å². The predicted octanol–water partition coefficient (Wildman–Crippen LogP) is 0.984. The maximum atomic E-state index is 12.5. The van der Waals surface area contributed by atoms with Crippen LogP contribution in [0.5, 0.6) is 0 Å². The number of amides is 3. The Morgan fingerprint density at radius 1 is 1.21 bits per heavy atom. The molecule has 2 saturated heterocycles. The number of carbonyl (C=O) groups is 2. The molecule has 2 aliphatic rings. The van der Waals surface area contributed by atoms with Crippen molar-refractivity contribution < 1.29 is 14.3 Å². The van der Waals surface area contributed by atoms with Gasteiger partial charge in [0.15, 0.2) is 0 Å². The van der Waals surface area contributed by atoms with E-state index in [1.54, 1.807) is 0 Å². The van der Waals surface area contributed by atoms with Crippen molar-refractivity contribution in [2.24, 2.45) is 5.73 Å². The minimum absolute atomic E-state index is 0. The molecule has 0 bridgehead atoms. The number of rotatable bonds is 2. The molecule has 136 valence electrons. The second-order valence-electron chi connectivity index (χ2n) is 5.71. The van der Waals surface area contributed by atoms with E-state index in [-0.39, 0.29) is 36.8 Å². The smallest absolute Gasteiger partial charge is 0.320 e. The van der Waals surface area contributed by atoms with Crippen LogP contribution in [0.4, 0.5) is 4.79 Å². The fourth-order valence-electron chi connectivity index (χ4n) is 3.00. The summed E-state index contributed by atoms with van der Waals surface area (Å²) < 4.78 is 5.28. The molecule has 3 N–H and O–H groups in total. The van der Waals surface area contributed by atoms with Gasteiger partial charge in [0.2, 0.25) is 0 Å². The van der Waals surface area contributed by atoms with Crippen LogP contribution in [0.1, 0.15) is 35.1 Å². The summed E-state index contributed by atoms with van der Waals surface area (Å²) in [5.74, 6) is 0.330. The fourth-order valence-corrected chi connectivity index (χ4v) is 3.00. The van der Waals surface area contributed by atoms with Gasteiger partial charge in [0.1, 0.15) is 11.5 Å². The van der Waals surface area contributed by atoms with Crippen LogP contribution in [-0.2, 0) is 4.74 Å². The number of primary amides is 1. The van der Waals surface area contributed by atoms with Crippen LogP contribution in [0, 0.1) is 0 Å². The van der Waals surface area contributed by atoms with Gasteiger partial charge in [0.05, 0.1) is 19.4 Å². The lowest BCUT2D eigenvalue weighted by Gasteiger charge is -2.37. The first-order chi connectivity index (χ1) is 10.6. The highest BCUT2D eigenvalue weighted by Gasteiger charge is 2.30. The van der Waals surface area contributed by atoms with Crippen molar-refractivity contribution in [3.05, 3.63) is 17.7 Å². The lowest BCUT2D eigenvalue weighted by atomic mass is 9.97. The molecule has 0 aliphatic carbocycles. The van der Waals surface area contributed by atoms with Gasteiger partial charge < -0.3 is 25.3 Å². The first-order valence-electron chi connectivity index (χ1n) is 7.61. The average Bonchev–Trinajstić information content (AvgIpc) is 3.05. The standard InChI is InChI=1S/C14H21N5O3.2ClH/c15-12(20)11-8-16-13(17-11)10-2-1-3-19(9-10)14(21)18-4-6-22-7-5-18;;/h8,10H,1-7,9H2,(H2,15,20)(H,16,17);2*1H. The number of nitrogens with one attached hydrogen (secondary N) is 1. The summed E-state index contributed by atoms with van der Waals surface area (Å²) in [6.07, 6.45) is 3.33. The van der Waals surface area contributed by atoms with Crippen molar-refractivity contribution in [3.63, 3.8) is 0 Å². The molecule has 8 nitrogen and oxygen atoms in total. The van der Waals surface area contributed by atoms with E-state index < -0.39 is 5.91 Å². The van der Waals surface area contributed by atoms with Gasteiger partial charge in [-0.25, -0.2) is 9.78 Å². The number of imidazole rings is 1. The molecule has 3 amide bonds. The van der Waals surface area contributed by atoms with Crippen LogP contribution in [-0.4, -0.2) is 71.1 Å². The van der Waals surface area contributed by atoms with Crippen LogP contribution in [0.15, 0.2) is 6.20 Å². The van der Waals surface area contributed by atoms with Crippen LogP contribution < -0.4 is 5.73 Å². The monoisotopic (exact) mass is 379 g/mol. The largest absolute Gasteiger partial charge is 0.378 e. The summed E-state index contributed by atoms with van der Waals surface area (Å²) in [4.78, 5) is 34.6. The summed E-state index contributed by atoms with van der Waals surface area (Å²) in [7, 11) is 0. The summed E-state index contributed by atoms with van der Waals surface area (Å²) in [6.45, 7) is 3.86. The zero-order valence-corrected chi connectivity index (χ0v) is 14.9. The number of likely N-dealkylation sites (tertiary alicyclic amines) is 1. The quantitative estimate of drug-likeness (QED) is 0.798. The van der Waals surface area contributed by atoms with Crippen molar-refractivity contribution in [2.45, 2.75) is 18.8 Å². The van der Waals surface area contributed by atoms with Crippen molar-refractivity contribution in [2.75, 3.05) is 39.4 Å². The molecule has 3 rings (SSSR count). The number of morpholine rings is 1. The molecule has 1 aromatic rings. The molecule has 10 heteroatoms. The third-order valence-corrected chi connectivity index (χ3v) is 4.22. The second kappa shape index (κ2) is 9.10. The Bertz CT molecular complexity index is 562. The number of hydrogen-bond donors (Lipinski definition) is 2. The number of piperidine rings is 1. The Morgan fingerprint density at radius 3 is 2.54 bits per heavy atom. The molecule has 0 aromatic carbocycles. The average molecular weight is 380 g/mol. The Labute approximate surface area is 152 Å². The van der Waals surface area contributed by atoms with Gasteiger partial charge in [-0.15, -0.1) is 24.8 Å². The molecule has 2 fully saturated rings. The second-order valence-corrected chi connectivity index (χ2v) is 5.71. The lowest BCUT2D eigenvalue weighted by Crippen LogP contribution is -2.50. The molecule has 0 saturated carbocycles. The van der Waals surface area contributed by atoms with E-state index >= 15 is 0 Å². The third-order valence-electron chi connectivity index (χ3n) is 4.22. The molecule has 3 heterocycles. The molecule has 1 aromatic heterocycles. The number of aromatic nitrogens is 2. The van der Waals surface area contributed by atoms with E-state index in [4.69, 9.17) is 10.5 Å². The molecule has 0 radical (unpaired) electrons. The van der Waals surface area contributed by atoms with Gasteiger partial charge in [0.25, 0.3) is 5.91 Å². The minimum atomic E-state index is -0.518. The van der Waals surface area contributed by atoms with Gasteiger partial charge >= 0.3 is 6.03 Å². The van der Waals surface area contributed by atoms with Gasteiger partial charge in [-0.05, 0) is 12.8 Å². The molecular formula is C14H23Cl2N5O3. The van der Waals surface area contributed by atoms with E-state index in [1.165, 1.54) is 6.20 Å². The molecule has 24 heavy (non-hydrogen) atoms. The topological polar surface area (TPSA) is 105 Å². The highest BCUT2D eigenvalue weighted by Crippen LogP contribution is 2.25. The molecule has 1 atom stereocenters. The van der Waals surface area contributed by atoms with Crippen LogP contribution in [0.3, 0.4) is 0 Å². The SMILES string of the molecule is Cl.Cl.NC(=O)c1cnc(C2CCCN(C(=O)N3CCOCC3)C2)[nH]1. The van der Waals surface area contributed by atoms with Gasteiger partial charge in [-0.3, -0.25) is 4.79 Å². The van der Waals surface area contributed by atoms with Crippen LogP contribution in [0.2, 0.25) is 0 Å². The van der Waals surface area contributed by atoms with Gasteiger partial charge in [-0.2, -0.15) is 0 Å². The third kappa shape index (κ3) is 4.52. The Morgan fingerprint density at radius 2 is 1.92 bits per heavy atom.